The molecule has 0 bridgehead atoms. The lowest BCUT2D eigenvalue weighted by atomic mass is 10.1. The van der Waals surface area contributed by atoms with E-state index in [0.717, 1.165) is 49.1 Å². The SMILES string of the molecule is CCCN(CCC)Cc1ccc(OC)c(OC)c1.CCc1ccc(OC)c(OC)c1. The Hall–Kier alpha value is -2.40. The summed E-state index contributed by atoms with van der Waals surface area (Å²) in [6.07, 6.45) is 3.39. The summed E-state index contributed by atoms with van der Waals surface area (Å²) in [4.78, 5) is 2.47. The van der Waals surface area contributed by atoms with Crippen LogP contribution in [0, 0.1) is 0 Å². The standard InChI is InChI=1S/C15H25NO2.C10H14O2/c1-5-9-16(10-6-2)12-13-7-8-14(17-3)15(11-13)18-4;1-4-8-5-6-9(11-2)10(7-8)12-3/h7-8,11H,5-6,9-10,12H2,1-4H3;5-7H,4H2,1-3H3. The van der Waals surface area contributed by atoms with Gasteiger partial charge in [0, 0.05) is 6.54 Å². The summed E-state index contributed by atoms with van der Waals surface area (Å²) in [5, 5.41) is 0. The van der Waals surface area contributed by atoms with Gasteiger partial charge in [-0.2, -0.15) is 0 Å². The third-order valence-corrected chi connectivity index (χ3v) is 4.79. The third kappa shape index (κ3) is 8.15. The van der Waals surface area contributed by atoms with Gasteiger partial charge in [-0.25, -0.2) is 0 Å². The Balaban J connectivity index is 0.000000325. The second-order valence-corrected chi connectivity index (χ2v) is 7.01. The molecule has 0 fully saturated rings. The Bertz CT molecular complexity index is 727. The van der Waals surface area contributed by atoms with Crippen LogP contribution in [0.25, 0.3) is 0 Å². The molecule has 0 heterocycles. The van der Waals surface area contributed by atoms with Crippen molar-refractivity contribution in [2.24, 2.45) is 0 Å². The second kappa shape index (κ2) is 14.6. The first-order valence-electron chi connectivity index (χ1n) is 10.7. The number of hydrogen-bond donors (Lipinski definition) is 0. The fourth-order valence-corrected chi connectivity index (χ4v) is 3.24. The Morgan fingerprint density at radius 2 is 1.03 bits per heavy atom. The molecule has 5 heteroatoms. The molecule has 0 aromatic heterocycles. The number of hydrogen-bond acceptors (Lipinski definition) is 5. The second-order valence-electron chi connectivity index (χ2n) is 7.01. The molecule has 0 aliphatic heterocycles. The normalized spacial score (nSPS) is 10.3. The quantitative estimate of drug-likeness (QED) is 0.476. The minimum absolute atomic E-state index is 0.787. The van der Waals surface area contributed by atoms with E-state index in [-0.39, 0.29) is 0 Å². The molecule has 0 aliphatic carbocycles. The van der Waals surface area contributed by atoms with Gasteiger partial charge >= 0.3 is 0 Å². The summed E-state index contributed by atoms with van der Waals surface area (Å²) in [5.41, 5.74) is 2.53. The van der Waals surface area contributed by atoms with Gasteiger partial charge in [-0.3, -0.25) is 4.90 Å². The van der Waals surface area contributed by atoms with Crippen LogP contribution in [0.3, 0.4) is 0 Å². The number of nitrogens with zero attached hydrogens (tertiary/aromatic N) is 1. The first-order valence-corrected chi connectivity index (χ1v) is 10.7. The number of rotatable bonds is 11. The topological polar surface area (TPSA) is 40.2 Å². The van der Waals surface area contributed by atoms with Crippen LogP contribution in [0.15, 0.2) is 36.4 Å². The van der Waals surface area contributed by atoms with Crippen LogP contribution >= 0.6 is 0 Å². The van der Waals surface area contributed by atoms with Crippen LogP contribution in [-0.2, 0) is 13.0 Å². The van der Waals surface area contributed by atoms with Crippen LogP contribution < -0.4 is 18.9 Å². The predicted octanol–water partition coefficient (Wildman–Crippen LogP) is 5.59. The van der Waals surface area contributed by atoms with Crippen molar-refractivity contribution in [3.8, 4) is 23.0 Å². The number of benzene rings is 2. The van der Waals surface area contributed by atoms with Crippen LogP contribution in [0.1, 0.15) is 44.7 Å². The zero-order chi connectivity index (χ0) is 22.4. The molecule has 2 rings (SSSR count). The highest BCUT2D eigenvalue weighted by Gasteiger charge is 2.08. The van der Waals surface area contributed by atoms with Gasteiger partial charge < -0.3 is 18.9 Å². The van der Waals surface area contributed by atoms with E-state index in [2.05, 4.69) is 37.8 Å². The van der Waals surface area contributed by atoms with Crippen molar-refractivity contribution >= 4 is 0 Å². The molecule has 30 heavy (non-hydrogen) atoms. The molecule has 2 aromatic rings. The first kappa shape index (κ1) is 25.6. The van der Waals surface area contributed by atoms with Crippen molar-refractivity contribution in [3.63, 3.8) is 0 Å². The van der Waals surface area contributed by atoms with E-state index < -0.39 is 0 Å². The molecule has 0 saturated heterocycles. The highest BCUT2D eigenvalue weighted by atomic mass is 16.5. The maximum atomic E-state index is 5.33. The molecular formula is C25H39NO4. The van der Waals surface area contributed by atoms with Crippen molar-refractivity contribution in [2.45, 2.75) is 46.6 Å². The number of methoxy groups -OCH3 is 4. The first-order chi connectivity index (χ1) is 14.6. The average Bonchev–Trinajstić information content (AvgIpc) is 2.79. The summed E-state index contributed by atoms with van der Waals surface area (Å²) in [6.45, 7) is 9.81. The maximum Gasteiger partial charge on any atom is 0.161 e. The Labute approximate surface area is 182 Å². The summed E-state index contributed by atoms with van der Waals surface area (Å²) in [6, 6.07) is 12.1. The summed E-state index contributed by atoms with van der Waals surface area (Å²) < 4.78 is 20.9. The largest absolute Gasteiger partial charge is 0.493 e. The molecule has 0 amide bonds. The number of ether oxygens (including phenoxy) is 4. The van der Waals surface area contributed by atoms with Crippen molar-refractivity contribution in [1.82, 2.24) is 4.90 Å². The highest BCUT2D eigenvalue weighted by molar-refractivity contribution is 5.43. The van der Waals surface area contributed by atoms with Gasteiger partial charge in [0.05, 0.1) is 28.4 Å². The molecule has 0 unspecified atom stereocenters. The fraction of sp³-hybridized carbons (Fsp3) is 0.520. The van der Waals surface area contributed by atoms with Gasteiger partial charge in [-0.15, -0.1) is 0 Å². The Morgan fingerprint density at radius 3 is 1.43 bits per heavy atom. The predicted molar refractivity (Wildman–Crippen MR) is 124 cm³/mol. The van der Waals surface area contributed by atoms with E-state index in [0.29, 0.717) is 0 Å². The lowest BCUT2D eigenvalue weighted by molar-refractivity contribution is 0.265. The lowest BCUT2D eigenvalue weighted by Gasteiger charge is -2.21. The molecule has 0 aliphatic rings. The van der Waals surface area contributed by atoms with Gasteiger partial charge in [0.1, 0.15) is 0 Å². The van der Waals surface area contributed by atoms with Gasteiger partial charge in [0.15, 0.2) is 23.0 Å². The van der Waals surface area contributed by atoms with Crippen molar-refractivity contribution < 1.29 is 18.9 Å². The summed E-state index contributed by atoms with van der Waals surface area (Å²) in [5.74, 6) is 3.19. The molecular weight excluding hydrogens is 378 g/mol. The minimum Gasteiger partial charge on any atom is -0.493 e. The van der Waals surface area contributed by atoms with E-state index in [4.69, 9.17) is 18.9 Å². The van der Waals surface area contributed by atoms with Crippen molar-refractivity contribution in [2.75, 3.05) is 41.5 Å². The molecule has 2 aromatic carbocycles. The molecule has 0 saturated carbocycles. The van der Waals surface area contributed by atoms with E-state index in [1.54, 1.807) is 28.4 Å². The van der Waals surface area contributed by atoms with Crippen LogP contribution in [0.2, 0.25) is 0 Å². The van der Waals surface area contributed by atoms with Crippen LogP contribution in [0.4, 0.5) is 0 Å². The minimum atomic E-state index is 0.787. The summed E-state index contributed by atoms with van der Waals surface area (Å²) in [7, 11) is 6.64. The van der Waals surface area contributed by atoms with Gasteiger partial charge in [0.2, 0.25) is 0 Å². The third-order valence-electron chi connectivity index (χ3n) is 4.79. The monoisotopic (exact) mass is 417 g/mol. The molecule has 0 atom stereocenters. The molecule has 0 radical (unpaired) electrons. The highest BCUT2D eigenvalue weighted by Crippen LogP contribution is 2.28. The van der Waals surface area contributed by atoms with Crippen LogP contribution in [-0.4, -0.2) is 46.4 Å². The van der Waals surface area contributed by atoms with Gasteiger partial charge in [-0.05, 0) is 67.7 Å². The molecule has 0 N–H and O–H groups in total. The van der Waals surface area contributed by atoms with E-state index in [9.17, 15) is 0 Å². The van der Waals surface area contributed by atoms with E-state index in [1.165, 1.54) is 24.0 Å². The van der Waals surface area contributed by atoms with E-state index in [1.807, 2.05) is 24.3 Å². The molecule has 168 valence electrons. The van der Waals surface area contributed by atoms with Gasteiger partial charge in [-0.1, -0.05) is 32.9 Å². The smallest absolute Gasteiger partial charge is 0.161 e. The molecule has 5 nitrogen and oxygen atoms in total. The zero-order valence-corrected chi connectivity index (χ0v) is 19.8. The van der Waals surface area contributed by atoms with E-state index >= 15 is 0 Å². The Morgan fingerprint density at radius 1 is 0.600 bits per heavy atom. The maximum absolute atomic E-state index is 5.33. The summed E-state index contributed by atoms with van der Waals surface area (Å²) >= 11 is 0. The van der Waals surface area contributed by atoms with Crippen molar-refractivity contribution in [3.05, 3.63) is 47.5 Å². The Kier molecular flexibility index (Phi) is 12.4. The van der Waals surface area contributed by atoms with Crippen LogP contribution in [0.5, 0.6) is 23.0 Å². The number of aryl methyl sites for hydroxylation is 1. The fourth-order valence-electron chi connectivity index (χ4n) is 3.24. The zero-order valence-electron chi connectivity index (χ0n) is 19.8. The van der Waals surface area contributed by atoms with Crippen molar-refractivity contribution in [1.29, 1.82) is 0 Å². The average molecular weight is 418 g/mol. The lowest BCUT2D eigenvalue weighted by Crippen LogP contribution is -2.24. The molecule has 0 spiro atoms. The van der Waals surface area contributed by atoms with Gasteiger partial charge in [0.25, 0.3) is 0 Å².